The van der Waals surface area contributed by atoms with Gasteiger partial charge in [-0.2, -0.15) is 0 Å². The average Bonchev–Trinajstić information content (AvgIpc) is 2.95. The van der Waals surface area contributed by atoms with E-state index in [9.17, 15) is 19.8 Å². The van der Waals surface area contributed by atoms with Crippen LogP contribution in [0.15, 0.2) is 24.3 Å². The van der Waals surface area contributed by atoms with Crippen LogP contribution in [0.2, 0.25) is 0 Å². The molecule has 0 saturated heterocycles. The van der Waals surface area contributed by atoms with Gasteiger partial charge in [-0.25, -0.2) is 0 Å². The predicted molar refractivity (Wildman–Crippen MR) is 176 cm³/mol. The Hall–Kier alpha value is -1.04. The molecule has 1 rings (SSSR count). The number of unbranched alkanes of at least 4 members (excludes halogenated alkanes) is 18. The number of rotatable bonds is 21. The first-order valence-electron chi connectivity index (χ1n) is 16.4. The molecular formula is C36H64O4Sn. The zero-order valence-corrected chi connectivity index (χ0v) is 30.3. The van der Waals surface area contributed by atoms with Crippen LogP contribution in [-0.4, -0.2) is 35.8 Å². The van der Waals surface area contributed by atoms with Gasteiger partial charge in [0.2, 0.25) is 0 Å². The number of aliphatic carboxylic acids is 1. The number of benzene rings is 1. The van der Waals surface area contributed by atoms with E-state index in [0.717, 1.165) is 31.2 Å². The van der Waals surface area contributed by atoms with E-state index >= 15 is 0 Å². The Kier molecular flexibility index (Phi) is 47.0. The third kappa shape index (κ3) is 46.1. The second-order valence-electron chi connectivity index (χ2n) is 10.6. The van der Waals surface area contributed by atoms with Crippen molar-refractivity contribution in [3.05, 3.63) is 49.2 Å². The average molecular weight is 680 g/mol. The maximum absolute atomic E-state index is 10.2. The number of carbonyl (C=O) groups is 2. The van der Waals surface area contributed by atoms with Crippen LogP contribution in [0.1, 0.15) is 178 Å². The Morgan fingerprint density at radius 2 is 0.951 bits per heavy atom. The van der Waals surface area contributed by atoms with Gasteiger partial charge >= 0.3 is 23.9 Å². The van der Waals surface area contributed by atoms with Gasteiger partial charge in [0.25, 0.3) is 0 Å². The molecule has 1 aromatic rings. The van der Waals surface area contributed by atoms with Crippen molar-refractivity contribution in [2.24, 2.45) is 0 Å². The molecule has 0 aliphatic carbocycles. The number of carboxylic acids is 2. The first kappa shape index (κ1) is 46.9. The van der Waals surface area contributed by atoms with Gasteiger partial charge in [-0.3, -0.25) is 0 Å². The Bertz CT molecular complexity index is 640. The van der Waals surface area contributed by atoms with Crippen LogP contribution >= 0.6 is 0 Å². The quantitative estimate of drug-likeness (QED) is 0.0960. The summed E-state index contributed by atoms with van der Waals surface area (Å²) in [5, 5.41) is 20.5. The molecule has 1 aromatic carbocycles. The summed E-state index contributed by atoms with van der Waals surface area (Å²) in [6.45, 7) is 15.6. The maximum atomic E-state index is 10.2. The minimum Gasteiger partial charge on any atom is -0.550 e. The Morgan fingerprint density at radius 3 is 1.20 bits per heavy atom. The molecule has 0 saturated carbocycles. The van der Waals surface area contributed by atoms with E-state index in [-0.39, 0.29) is 35.9 Å². The molecule has 0 N–H and O–H groups in total. The summed E-state index contributed by atoms with van der Waals surface area (Å²) >= 11 is 0. The SMILES string of the molecule is CCCCCCCCCCCCCCCCCCCC(=O)[O-].Cc1cccc(C(=O)[O-])c1.[CH2]CCC.[CH2]CCC.[Sn+2]. The van der Waals surface area contributed by atoms with E-state index in [4.69, 9.17) is 0 Å². The molecular weight excluding hydrogens is 615 g/mol. The molecule has 0 heterocycles. The molecule has 0 bridgehead atoms. The molecule has 0 fully saturated rings. The monoisotopic (exact) mass is 680 g/mol. The van der Waals surface area contributed by atoms with E-state index < -0.39 is 11.9 Å². The summed E-state index contributed by atoms with van der Waals surface area (Å²) in [6, 6.07) is 6.63. The fourth-order valence-electron chi connectivity index (χ4n) is 3.77. The summed E-state index contributed by atoms with van der Waals surface area (Å²) in [6.07, 6.45) is 27.4. The van der Waals surface area contributed by atoms with Crippen molar-refractivity contribution in [2.45, 2.75) is 169 Å². The number of carboxylic acid groups (broad SMARTS) is 2. The first-order valence-corrected chi connectivity index (χ1v) is 16.4. The van der Waals surface area contributed by atoms with E-state index in [0.29, 0.717) is 0 Å². The molecule has 4 nitrogen and oxygen atoms in total. The largest absolute Gasteiger partial charge is 2.00 e. The molecule has 0 atom stereocenters. The zero-order valence-electron chi connectivity index (χ0n) is 27.4. The molecule has 236 valence electrons. The van der Waals surface area contributed by atoms with Crippen LogP contribution in [-0.2, 0) is 4.79 Å². The van der Waals surface area contributed by atoms with Gasteiger partial charge < -0.3 is 19.8 Å². The van der Waals surface area contributed by atoms with Gasteiger partial charge in [0, 0.05) is 5.97 Å². The summed E-state index contributed by atoms with van der Waals surface area (Å²) in [4.78, 5) is 20.5. The van der Waals surface area contributed by atoms with Gasteiger partial charge in [0.05, 0.1) is 5.97 Å². The molecule has 0 unspecified atom stereocenters. The van der Waals surface area contributed by atoms with Crippen molar-refractivity contribution in [3.8, 4) is 0 Å². The normalized spacial score (nSPS) is 9.61. The van der Waals surface area contributed by atoms with Gasteiger partial charge in [-0.05, 0) is 25.3 Å². The Labute approximate surface area is 272 Å². The number of aryl methyl sites for hydroxylation is 1. The van der Waals surface area contributed by atoms with Crippen molar-refractivity contribution in [1.29, 1.82) is 0 Å². The molecule has 0 aliphatic rings. The molecule has 0 spiro atoms. The Balaban J connectivity index is -0.000000294. The van der Waals surface area contributed by atoms with E-state index in [1.807, 2.05) is 13.0 Å². The number of hydrogen-bond donors (Lipinski definition) is 0. The van der Waals surface area contributed by atoms with Crippen LogP contribution in [0.5, 0.6) is 0 Å². The smallest absolute Gasteiger partial charge is 0.550 e. The van der Waals surface area contributed by atoms with Crippen LogP contribution < -0.4 is 10.2 Å². The van der Waals surface area contributed by atoms with E-state index in [2.05, 4.69) is 34.6 Å². The second-order valence-corrected chi connectivity index (χ2v) is 10.6. The summed E-state index contributed by atoms with van der Waals surface area (Å²) < 4.78 is 0. The van der Waals surface area contributed by atoms with Crippen LogP contribution in [0, 0.1) is 20.8 Å². The first-order chi connectivity index (χ1) is 19.3. The number of aromatic carboxylic acids is 1. The van der Waals surface area contributed by atoms with Gasteiger partial charge in [-0.1, -0.05) is 193 Å². The number of carbonyl (C=O) groups excluding carboxylic acids is 2. The molecule has 0 amide bonds. The fraction of sp³-hybridized carbons (Fsp3) is 0.722. The molecule has 0 aromatic heterocycles. The molecule has 4 radical (unpaired) electrons. The van der Waals surface area contributed by atoms with Crippen LogP contribution in [0.25, 0.3) is 0 Å². The maximum Gasteiger partial charge on any atom is 2.00 e. The molecule has 5 heteroatoms. The summed E-state index contributed by atoms with van der Waals surface area (Å²) in [5.41, 5.74) is 1.17. The fourth-order valence-corrected chi connectivity index (χ4v) is 3.77. The van der Waals surface area contributed by atoms with Crippen molar-refractivity contribution in [3.63, 3.8) is 0 Å². The number of hydrogen-bond acceptors (Lipinski definition) is 4. The van der Waals surface area contributed by atoms with Crippen molar-refractivity contribution < 1.29 is 19.8 Å². The summed E-state index contributed by atoms with van der Waals surface area (Å²) in [5.74, 6) is -2.02. The van der Waals surface area contributed by atoms with Gasteiger partial charge in [-0.15, -0.1) is 0 Å². The van der Waals surface area contributed by atoms with Gasteiger partial charge in [0.1, 0.15) is 0 Å². The third-order valence-electron chi connectivity index (χ3n) is 6.45. The summed E-state index contributed by atoms with van der Waals surface area (Å²) in [7, 11) is 0. The van der Waals surface area contributed by atoms with Gasteiger partial charge in [0.15, 0.2) is 0 Å². The molecule has 0 aliphatic heterocycles. The second kappa shape index (κ2) is 41.1. The Morgan fingerprint density at radius 1 is 0.610 bits per heavy atom. The minimum atomic E-state index is -1.12. The van der Waals surface area contributed by atoms with Crippen molar-refractivity contribution in [2.75, 3.05) is 0 Å². The zero-order chi connectivity index (χ0) is 30.7. The van der Waals surface area contributed by atoms with E-state index in [1.54, 1.807) is 12.1 Å². The molecule has 41 heavy (non-hydrogen) atoms. The predicted octanol–water partition coefficient (Wildman–Crippen LogP) is 9.00. The standard InChI is InChI=1S/C20H40O2.C8H8O2.2C4H9.Sn/c1-2-3-4-5-6-7-8-9-10-11-12-13-14-15-16-17-18-19-20(21)22;1-6-3-2-4-7(5-6)8(9)10;2*1-3-4-2;/h2-19H2,1H3,(H,21,22);2-5H,1H3,(H,9,10);2*1,3-4H2,2H3;/q;;;;+2/p-2. The van der Waals surface area contributed by atoms with Crippen molar-refractivity contribution in [1.82, 2.24) is 0 Å². The topological polar surface area (TPSA) is 80.3 Å². The van der Waals surface area contributed by atoms with Crippen LogP contribution in [0.4, 0.5) is 0 Å². The van der Waals surface area contributed by atoms with Crippen molar-refractivity contribution >= 4 is 35.8 Å². The minimum absolute atomic E-state index is 0. The van der Waals surface area contributed by atoms with Crippen LogP contribution in [0.3, 0.4) is 0 Å². The van der Waals surface area contributed by atoms with E-state index in [1.165, 1.54) is 115 Å². The third-order valence-corrected chi connectivity index (χ3v) is 6.45.